The molecule has 0 spiro atoms. The SMILES string of the molecule is CC(NC1CC(C)(C)CC(C)(C)C1)c1ccc(Br)cc1F. The molecule has 118 valence electrons. The van der Waals surface area contributed by atoms with Crippen LogP contribution in [0.5, 0.6) is 0 Å². The lowest BCUT2D eigenvalue weighted by Gasteiger charge is -2.46. The highest BCUT2D eigenvalue weighted by Crippen LogP contribution is 2.46. The Labute approximate surface area is 136 Å². The van der Waals surface area contributed by atoms with E-state index in [4.69, 9.17) is 0 Å². The summed E-state index contributed by atoms with van der Waals surface area (Å²) in [5, 5.41) is 3.65. The van der Waals surface area contributed by atoms with Crippen LogP contribution in [0.1, 0.15) is 65.5 Å². The van der Waals surface area contributed by atoms with Crippen LogP contribution in [0.25, 0.3) is 0 Å². The van der Waals surface area contributed by atoms with Crippen LogP contribution in [0.15, 0.2) is 22.7 Å². The molecule has 0 heterocycles. The minimum Gasteiger partial charge on any atom is -0.307 e. The van der Waals surface area contributed by atoms with Gasteiger partial charge in [-0.05, 0) is 49.1 Å². The molecule has 2 rings (SSSR count). The van der Waals surface area contributed by atoms with E-state index in [1.165, 1.54) is 6.42 Å². The fourth-order valence-electron chi connectivity index (χ4n) is 4.26. The van der Waals surface area contributed by atoms with Crippen molar-refractivity contribution >= 4 is 15.9 Å². The zero-order valence-corrected chi connectivity index (χ0v) is 15.3. The molecule has 0 aromatic heterocycles. The molecule has 1 atom stereocenters. The Morgan fingerprint density at radius 3 is 2.29 bits per heavy atom. The van der Waals surface area contributed by atoms with Crippen molar-refractivity contribution in [3.8, 4) is 0 Å². The molecular weight excluding hydrogens is 329 g/mol. The molecule has 0 radical (unpaired) electrons. The molecule has 0 bridgehead atoms. The average Bonchev–Trinajstić information content (AvgIpc) is 2.23. The summed E-state index contributed by atoms with van der Waals surface area (Å²) < 4.78 is 14.9. The highest BCUT2D eigenvalue weighted by molar-refractivity contribution is 9.10. The summed E-state index contributed by atoms with van der Waals surface area (Å²) in [7, 11) is 0. The van der Waals surface area contributed by atoms with E-state index in [1.54, 1.807) is 6.07 Å². The van der Waals surface area contributed by atoms with Gasteiger partial charge >= 0.3 is 0 Å². The lowest BCUT2D eigenvalue weighted by Crippen LogP contribution is -2.44. The standard InChI is InChI=1S/C18H27BrFN/c1-12(15-7-6-13(19)8-16(15)20)21-14-9-17(2,3)11-18(4,5)10-14/h6-8,12,14,21H,9-11H2,1-5H3. The molecule has 3 heteroatoms. The zero-order valence-electron chi connectivity index (χ0n) is 13.8. The lowest BCUT2D eigenvalue weighted by atomic mass is 9.63. The zero-order chi connectivity index (χ0) is 15.8. The van der Waals surface area contributed by atoms with Gasteiger partial charge in [0.05, 0.1) is 0 Å². The second-order valence-corrected chi connectivity index (χ2v) is 9.08. The lowest BCUT2D eigenvalue weighted by molar-refractivity contribution is 0.0809. The fraction of sp³-hybridized carbons (Fsp3) is 0.667. The van der Waals surface area contributed by atoms with Crippen molar-refractivity contribution in [1.29, 1.82) is 0 Å². The maximum Gasteiger partial charge on any atom is 0.129 e. The van der Waals surface area contributed by atoms with Gasteiger partial charge in [0.25, 0.3) is 0 Å². The predicted octanol–water partition coefficient (Wildman–Crippen LogP) is 5.84. The smallest absolute Gasteiger partial charge is 0.129 e. The maximum atomic E-state index is 14.1. The second-order valence-electron chi connectivity index (χ2n) is 8.16. The summed E-state index contributed by atoms with van der Waals surface area (Å²) in [6.07, 6.45) is 3.55. The maximum absolute atomic E-state index is 14.1. The van der Waals surface area contributed by atoms with Gasteiger partial charge in [0.2, 0.25) is 0 Å². The van der Waals surface area contributed by atoms with Gasteiger partial charge in [-0.25, -0.2) is 4.39 Å². The molecular formula is C18H27BrFN. The first-order valence-corrected chi connectivity index (χ1v) is 8.58. The van der Waals surface area contributed by atoms with Crippen LogP contribution in [0, 0.1) is 16.6 Å². The summed E-state index contributed by atoms with van der Waals surface area (Å²) in [6, 6.07) is 5.80. The molecule has 0 aliphatic heterocycles. The monoisotopic (exact) mass is 355 g/mol. The van der Waals surface area contributed by atoms with Crippen LogP contribution in [0.2, 0.25) is 0 Å². The molecule has 21 heavy (non-hydrogen) atoms. The summed E-state index contributed by atoms with van der Waals surface area (Å²) >= 11 is 3.31. The van der Waals surface area contributed by atoms with Gasteiger partial charge in [-0.3, -0.25) is 0 Å². The highest BCUT2D eigenvalue weighted by Gasteiger charge is 2.38. The molecule has 1 unspecified atom stereocenters. The van der Waals surface area contributed by atoms with E-state index in [1.807, 2.05) is 12.1 Å². The fourth-order valence-corrected chi connectivity index (χ4v) is 4.59. The highest BCUT2D eigenvalue weighted by atomic mass is 79.9. The van der Waals surface area contributed by atoms with E-state index in [0.29, 0.717) is 16.9 Å². The van der Waals surface area contributed by atoms with Gasteiger partial charge in [-0.2, -0.15) is 0 Å². The normalized spacial score (nSPS) is 23.0. The van der Waals surface area contributed by atoms with Crippen molar-refractivity contribution in [3.63, 3.8) is 0 Å². The molecule has 1 nitrogen and oxygen atoms in total. The van der Waals surface area contributed by atoms with E-state index in [-0.39, 0.29) is 11.9 Å². The van der Waals surface area contributed by atoms with Crippen molar-refractivity contribution in [3.05, 3.63) is 34.1 Å². The molecule has 1 aliphatic carbocycles. The Bertz CT molecular complexity index is 494. The minimum atomic E-state index is -0.140. The van der Waals surface area contributed by atoms with Gasteiger partial charge in [0.1, 0.15) is 5.82 Å². The Morgan fingerprint density at radius 2 is 1.76 bits per heavy atom. The largest absolute Gasteiger partial charge is 0.307 e. The van der Waals surface area contributed by atoms with E-state index in [2.05, 4.69) is 55.9 Å². The van der Waals surface area contributed by atoms with E-state index >= 15 is 0 Å². The summed E-state index contributed by atoms with van der Waals surface area (Å²) in [5.74, 6) is -0.140. The number of nitrogens with one attached hydrogen (secondary N) is 1. The first-order chi connectivity index (χ1) is 9.58. The van der Waals surface area contributed by atoms with E-state index < -0.39 is 0 Å². The number of halogens is 2. The molecule has 0 amide bonds. The number of benzene rings is 1. The molecule has 0 saturated heterocycles. The number of hydrogen-bond acceptors (Lipinski definition) is 1. The Balaban J connectivity index is 2.10. The van der Waals surface area contributed by atoms with Crippen LogP contribution in [-0.2, 0) is 0 Å². The van der Waals surface area contributed by atoms with Crippen molar-refractivity contribution < 1.29 is 4.39 Å². The van der Waals surface area contributed by atoms with E-state index in [0.717, 1.165) is 22.9 Å². The number of hydrogen-bond donors (Lipinski definition) is 1. The Hall–Kier alpha value is -0.410. The van der Waals surface area contributed by atoms with Gasteiger partial charge in [-0.1, -0.05) is 49.7 Å². The van der Waals surface area contributed by atoms with Gasteiger partial charge in [-0.15, -0.1) is 0 Å². The van der Waals surface area contributed by atoms with Gasteiger partial charge < -0.3 is 5.32 Å². The van der Waals surface area contributed by atoms with Crippen molar-refractivity contribution in [2.24, 2.45) is 10.8 Å². The van der Waals surface area contributed by atoms with Crippen LogP contribution >= 0.6 is 15.9 Å². The van der Waals surface area contributed by atoms with Crippen LogP contribution in [0.3, 0.4) is 0 Å². The molecule has 1 fully saturated rings. The molecule has 1 aromatic carbocycles. The third kappa shape index (κ3) is 4.53. The predicted molar refractivity (Wildman–Crippen MR) is 90.9 cm³/mol. The Kier molecular flexibility index (Phi) is 4.84. The first-order valence-electron chi connectivity index (χ1n) is 7.79. The minimum absolute atomic E-state index is 0.0350. The van der Waals surface area contributed by atoms with Crippen LogP contribution < -0.4 is 5.32 Å². The topological polar surface area (TPSA) is 12.0 Å². The average molecular weight is 356 g/mol. The summed E-state index contributed by atoms with van der Waals surface area (Å²) in [5.41, 5.74) is 1.44. The number of rotatable bonds is 3. The van der Waals surface area contributed by atoms with Crippen molar-refractivity contribution in [2.45, 2.75) is 66.0 Å². The molecule has 1 N–H and O–H groups in total. The van der Waals surface area contributed by atoms with Crippen LogP contribution in [-0.4, -0.2) is 6.04 Å². The molecule has 1 aromatic rings. The van der Waals surface area contributed by atoms with E-state index in [9.17, 15) is 4.39 Å². The third-order valence-electron chi connectivity index (χ3n) is 4.47. The van der Waals surface area contributed by atoms with Gasteiger partial charge in [0, 0.05) is 22.1 Å². The molecule has 1 aliphatic rings. The molecule has 1 saturated carbocycles. The third-order valence-corrected chi connectivity index (χ3v) is 4.96. The second kappa shape index (κ2) is 6.00. The first kappa shape index (κ1) is 17.0. The quantitative estimate of drug-likeness (QED) is 0.717. The van der Waals surface area contributed by atoms with Crippen LogP contribution in [0.4, 0.5) is 4.39 Å². The van der Waals surface area contributed by atoms with Gasteiger partial charge in [0.15, 0.2) is 0 Å². The van der Waals surface area contributed by atoms with Crippen molar-refractivity contribution in [1.82, 2.24) is 5.32 Å². The van der Waals surface area contributed by atoms with Crippen molar-refractivity contribution in [2.75, 3.05) is 0 Å². The summed E-state index contributed by atoms with van der Waals surface area (Å²) in [6.45, 7) is 11.4. The summed E-state index contributed by atoms with van der Waals surface area (Å²) in [4.78, 5) is 0. The Morgan fingerprint density at radius 1 is 1.19 bits per heavy atom.